The number of nitrogens with zero attached hydrogens (tertiary/aromatic N) is 1. The van der Waals surface area contributed by atoms with Crippen molar-refractivity contribution in [3.63, 3.8) is 0 Å². The molecular formula is C24H30FNO. The van der Waals surface area contributed by atoms with E-state index in [0.717, 1.165) is 30.6 Å². The summed E-state index contributed by atoms with van der Waals surface area (Å²) in [5, 5.41) is 0. The number of halogens is 1. The van der Waals surface area contributed by atoms with Crippen LogP contribution >= 0.6 is 0 Å². The Hall–Kier alpha value is -2.00. The van der Waals surface area contributed by atoms with Crippen molar-refractivity contribution in [2.45, 2.75) is 57.4 Å². The molecule has 2 unspecified atom stereocenters. The Kier molecular flexibility index (Phi) is 6.43. The molecule has 3 heteroatoms. The second kappa shape index (κ2) is 8.79. The fourth-order valence-corrected chi connectivity index (χ4v) is 4.53. The standard InChI is InChI=1S/C24H30FNO/c1-3-23(27)24(20-10-6-4-7-11-20,21-12-14-22(25)15-13-21)18-19(2)26-16-8-5-9-17-26/h4,6-7,10-15,19H,3,5,8-9,16-18H2,1-2H3/i25-1. The molecule has 1 saturated heterocycles. The Morgan fingerprint density at radius 1 is 1.00 bits per heavy atom. The molecule has 3 rings (SSSR count). The fourth-order valence-electron chi connectivity index (χ4n) is 4.53. The van der Waals surface area contributed by atoms with Crippen molar-refractivity contribution >= 4 is 5.78 Å². The van der Waals surface area contributed by atoms with Gasteiger partial charge in [-0.2, -0.15) is 0 Å². The molecule has 0 aliphatic carbocycles. The van der Waals surface area contributed by atoms with Gasteiger partial charge in [0.1, 0.15) is 11.6 Å². The zero-order valence-electron chi connectivity index (χ0n) is 16.5. The first-order chi connectivity index (χ1) is 13.1. The number of ketones is 1. The van der Waals surface area contributed by atoms with Crippen molar-refractivity contribution in [1.82, 2.24) is 4.90 Å². The topological polar surface area (TPSA) is 20.3 Å². The number of piperidine rings is 1. The third-order valence-corrected chi connectivity index (χ3v) is 6.02. The zero-order chi connectivity index (χ0) is 19.3. The number of Topliss-reactive ketones (excluding diaryl/α,β-unsaturated/α-hetero) is 1. The van der Waals surface area contributed by atoms with Crippen LogP contribution < -0.4 is 0 Å². The lowest BCUT2D eigenvalue weighted by Gasteiger charge is -2.40. The maximum absolute atomic E-state index is 13.6. The summed E-state index contributed by atoms with van der Waals surface area (Å²) in [6.07, 6.45) is 4.91. The summed E-state index contributed by atoms with van der Waals surface area (Å²) in [5.74, 6) is -0.0714. The largest absolute Gasteiger partial charge is 0.301 e. The van der Waals surface area contributed by atoms with Gasteiger partial charge in [-0.3, -0.25) is 4.79 Å². The minimum Gasteiger partial charge on any atom is -0.301 e. The van der Waals surface area contributed by atoms with E-state index >= 15 is 0 Å². The highest BCUT2D eigenvalue weighted by atomic mass is 18.2. The fraction of sp³-hybridized carbons (Fsp3) is 0.458. The van der Waals surface area contributed by atoms with Crippen LogP contribution in [-0.2, 0) is 10.2 Å². The molecule has 0 radical (unpaired) electrons. The highest BCUT2D eigenvalue weighted by Gasteiger charge is 2.42. The van der Waals surface area contributed by atoms with Crippen LogP contribution in [0.5, 0.6) is 0 Å². The predicted octanol–water partition coefficient (Wildman–Crippen LogP) is 5.36. The number of benzene rings is 2. The smallest absolute Gasteiger partial charge is 0.147 e. The van der Waals surface area contributed by atoms with Gasteiger partial charge >= 0.3 is 0 Å². The highest BCUT2D eigenvalue weighted by molar-refractivity contribution is 5.93. The molecule has 1 aliphatic rings. The molecule has 1 aliphatic heterocycles. The van der Waals surface area contributed by atoms with Crippen LogP contribution in [0.1, 0.15) is 57.1 Å². The summed E-state index contributed by atoms with van der Waals surface area (Å²) in [5.41, 5.74) is 1.17. The lowest BCUT2D eigenvalue weighted by atomic mass is 9.66. The Morgan fingerprint density at radius 2 is 1.59 bits per heavy atom. The van der Waals surface area contributed by atoms with Gasteiger partial charge in [-0.1, -0.05) is 55.8 Å². The number of hydrogen-bond donors (Lipinski definition) is 0. The van der Waals surface area contributed by atoms with Crippen molar-refractivity contribution in [3.05, 3.63) is 71.5 Å². The third-order valence-electron chi connectivity index (χ3n) is 6.02. The van der Waals surface area contributed by atoms with E-state index in [9.17, 15) is 9.18 Å². The van der Waals surface area contributed by atoms with Gasteiger partial charge in [-0.15, -0.1) is 0 Å². The maximum atomic E-state index is 13.6. The molecule has 144 valence electrons. The third kappa shape index (κ3) is 4.14. The normalized spacial score (nSPS) is 18.6. The second-order valence-electron chi connectivity index (χ2n) is 7.70. The summed E-state index contributed by atoms with van der Waals surface area (Å²) in [4.78, 5) is 15.9. The number of carbonyl (C=O) groups excluding carboxylic acids is 1. The molecule has 1 fully saturated rings. The van der Waals surface area contributed by atoms with Crippen LogP contribution in [-0.4, -0.2) is 29.8 Å². The van der Waals surface area contributed by atoms with E-state index in [0.29, 0.717) is 6.42 Å². The lowest BCUT2D eigenvalue weighted by molar-refractivity contribution is -0.123. The van der Waals surface area contributed by atoms with E-state index in [4.69, 9.17) is 0 Å². The Morgan fingerprint density at radius 3 is 2.19 bits per heavy atom. The number of likely N-dealkylation sites (tertiary alicyclic amines) is 1. The molecule has 0 aromatic heterocycles. The maximum Gasteiger partial charge on any atom is 0.147 e. The number of rotatable bonds is 7. The van der Waals surface area contributed by atoms with E-state index in [1.165, 1.54) is 31.4 Å². The summed E-state index contributed by atoms with van der Waals surface area (Å²) in [6, 6.07) is 16.8. The van der Waals surface area contributed by atoms with E-state index in [1.54, 1.807) is 12.1 Å². The molecule has 2 atom stereocenters. The van der Waals surface area contributed by atoms with Crippen molar-refractivity contribution in [2.24, 2.45) is 0 Å². The molecule has 0 N–H and O–H groups in total. The molecule has 27 heavy (non-hydrogen) atoms. The molecule has 1 heterocycles. The van der Waals surface area contributed by atoms with E-state index in [-0.39, 0.29) is 17.6 Å². The molecule has 0 amide bonds. The van der Waals surface area contributed by atoms with Gasteiger partial charge in [0.15, 0.2) is 0 Å². The minimum absolute atomic E-state index is 0.198. The SMILES string of the molecule is CCC(=O)C(CC(C)N1CCCCC1)(c1ccccc1)c1ccc([18F])cc1. The second-order valence-corrected chi connectivity index (χ2v) is 7.70. The molecule has 2 aromatic carbocycles. The monoisotopic (exact) mass is 366 g/mol. The summed E-state index contributed by atoms with van der Waals surface area (Å²) in [6.45, 7) is 6.34. The summed E-state index contributed by atoms with van der Waals surface area (Å²) >= 11 is 0. The Bertz CT molecular complexity index is 737. The number of carbonyl (C=O) groups is 1. The average molecular weight is 367 g/mol. The van der Waals surface area contributed by atoms with Crippen LogP contribution in [0, 0.1) is 5.82 Å². The van der Waals surface area contributed by atoms with Crippen molar-refractivity contribution in [1.29, 1.82) is 0 Å². The molecule has 0 spiro atoms. The van der Waals surface area contributed by atoms with Crippen LogP contribution in [0.15, 0.2) is 54.6 Å². The molecular weight excluding hydrogens is 336 g/mol. The van der Waals surface area contributed by atoms with Gasteiger partial charge in [0.2, 0.25) is 0 Å². The predicted molar refractivity (Wildman–Crippen MR) is 108 cm³/mol. The molecule has 2 aromatic rings. The Balaban J connectivity index is 2.08. The summed E-state index contributed by atoms with van der Waals surface area (Å²) in [7, 11) is 0. The Labute approximate surface area is 162 Å². The first-order valence-corrected chi connectivity index (χ1v) is 10.2. The summed E-state index contributed by atoms with van der Waals surface area (Å²) < 4.78 is 13.6. The van der Waals surface area contributed by atoms with Gasteiger partial charge in [0.25, 0.3) is 0 Å². The number of hydrogen-bond acceptors (Lipinski definition) is 2. The van der Waals surface area contributed by atoms with Crippen LogP contribution in [0.2, 0.25) is 0 Å². The van der Waals surface area contributed by atoms with Crippen LogP contribution in [0.4, 0.5) is 4.39 Å². The van der Waals surface area contributed by atoms with E-state index < -0.39 is 5.41 Å². The van der Waals surface area contributed by atoms with Crippen LogP contribution in [0.3, 0.4) is 0 Å². The van der Waals surface area contributed by atoms with Gasteiger partial charge in [-0.25, -0.2) is 4.39 Å². The minimum atomic E-state index is -0.736. The first-order valence-electron chi connectivity index (χ1n) is 10.2. The van der Waals surface area contributed by atoms with Crippen molar-refractivity contribution in [3.8, 4) is 0 Å². The molecule has 0 bridgehead atoms. The average Bonchev–Trinajstić information content (AvgIpc) is 2.73. The highest BCUT2D eigenvalue weighted by Crippen LogP contribution is 2.40. The molecule has 0 saturated carbocycles. The zero-order valence-corrected chi connectivity index (χ0v) is 16.5. The first kappa shape index (κ1) is 19.8. The van der Waals surface area contributed by atoms with Crippen LogP contribution in [0.25, 0.3) is 0 Å². The molecule has 2 nitrogen and oxygen atoms in total. The quantitative estimate of drug-likeness (QED) is 0.658. The van der Waals surface area contributed by atoms with Crippen molar-refractivity contribution in [2.75, 3.05) is 13.1 Å². The van der Waals surface area contributed by atoms with Gasteiger partial charge < -0.3 is 4.90 Å². The van der Waals surface area contributed by atoms with E-state index in [2.05, 4.69) is 11.8 Å². The van der Waals surface area contributed by atoms with Gasteiger partial charge in [-0.05, 0) is 62.5 Å². The van der Waals surface area contributed by atoms with Crippen molar-refractivity contribution < 1.29 is 9.18 Å². The van der Waals surface area contributed by atoms with Gasteiger partial charge in [0, 0.05) is 12.5 Å². The lowest BCUT2D eigenvalue weighted by Crippen LogP contribution is -2.46. The van der Waals surface area contributed by atoms with Gasteiger partial charge in [0.05, 0.1) is 5.41 Å². The van der Waals surface area contributed by atoms with E-state index in [1.807, 2.05) is 37.3 Å².